The van der Waals surface area contributed by atoms with E-state index in [-0.39, 0.29) is 9.77 Å². The summed E-state index contributed by atoms with van der Waals surface area (Å²) in [5, 5.41) is 0. The Morgan fingerprint density at radius 3 is 2.30 bits per heavy atom. The quantitative estimate of drug-likeness (QED) is 0.611. The molecule has 11 heteroatoms. The van der Waals surface area contributed by atoms with Gasteiger partial charge in [-0.3, -0.25) is 0 Å². The van der Waals surface area contributed by atoms with Gasteiger partial charge >= 0.3 is 6.18 Å². The van der Waals surface area contributed by atoms with Crippen molar-refractivity contribution >= 4 is 53.2 Å². The zero-order valence-corrected chi connectivity index (χ0v) is 15.7. The molecule has 1 heterocycles. The van der Waals surface area contributed by atoms with Crippen molar-refractivity contribution in [1.82, 2.24) is 4.72 Å². The predicted molar refractivity (Wildman–Crippen MR) is 85.1 cm³/mol. The van der Waals surface area contributed by atoms with Gasteiger partial charge in [0, 0.05) is 16.6 Å². The largest absolute Gasteiger partial charge is 0.416 e. The number of alkyl halides is 3. The van der Waals surface area contributed by atoms with Gasteiger partial charge in [-0.2, -0.15) is 13.2 Å². The standard InChI is InChI=1S/C12H7Br2F4NO2S2/c13-8-4-10(22-11(8)14)23(20,21)19-5-6-1-2-7(3-9(6)15)12(16,17)18/h1-4,19H,5H2. The number of nitrogens with one attached hydrogen (secondary N) is 1. The average Bonchev–Trinajstić information content (AvgIpc) is 2.77. The second kappa shape index (κ2) is 6.79. The van der Waals surface area contributed by atoms with Gasteiger partial charge in [0.2, 0.25) is 10.0 Å². The number of thiophene rings is 1. The molecule has 2 aromatic rings. The number of benzene rings is 1. The van der Waals surface area contributed by atoms with Crippen LogP contribution in [-0.4, -0.2) is 8.42 Å². The van der Waals surface area contributed by atoms with Crippen LogP contribution in [0, 0.1) is 5.82 Å². The highest BCUT2D eigenvalue weighted by atomic mass is 79.9. The van der Waals surface area contributed by atoms with Crippen LogP contribution in [0.5, 0.6) is 0 Å². The van der Waals surface area contributed by atoms with Gasteiger partial charge in [0.25, 0.3) is 0 Å². The molecule has 1 aromatic carbocycles. The summed E-state index contributed by atoms with van der Waals surface area (Å²) >= 11 is 7.25. The van der Waals surface area contributed by atoms with Gasteiger partial charge in [-0.15, -0.1) is 11.3 Å². The van der Waals surface area contributed by atoms with Crippen LogP contribution in [0.4, 0.5) is 17.6 Å². The lowest BCUT2D eigenvalue weighted by Crippen LogP contribution is -2.23. The maximum absolute atomic E-state index is 13.7. The molecule has 0 unspecified atom stereocenters. The van der Waals surface area contributed by atoms with Crippen molar-refractivity contribution in [2.75, 3.05) is 0 Å². The zero-order chi connectivity index (χ0) is 17.4. The number of rotatable bonds is 4. The van der Waals surface area contributed by atoms with Gasteiger partial charge in [-0.1, -0.05) is 6.07 Å². The Bertz CT molecular complexity index is 815. The SMILES string of the molecule is O=S(=O)(NCc1ccc(C(F)(F)F)cc1F)c1cc(Br)c(Br)s1. The van der Waals surface area contributed by atoms with Gasteiger partial charge in [-0.25, -0.2) is 17.5 Å². The molecule has 0 amide bonds. The van der Waals surface area contributed by atoms with E-state index in [0.29, 0.717) is 20.4 Å². The van der Waals surface area contributed by atoms with Crippen LogP contribution in [0.25, 0.3) is 0 Å². The first-order valence-electron chi connectivity index (χ1n) is 5.81. The summed E-state index contributed by atoms with van der Waals surface area (Å²) in [6.07, 6.45) is -4.66. The van der Waals surface area contributed by atoms with E-state index in [1.54, 1.807) is 0 Å². The maximum atomic E-state index is 13.7. The first-order valence-corrected chi connectivity index (χ1v) is 9.69. The predicted octanol–water partition coefficient (Wildman–Crippen LogP) is 4.91. The van der Waals surface area contributed by atoms with E-state index in [0.717, 1.165) is 17.4 Å². The van der Waals surface area contributed by atoms with E-state index in [1.807, 2.05) is 0 Å². The number of halogens is 6. The Morgan fingerprint density at radius 2 is 1.83 bits per heavy atom. The number of hydrogen-bond acceptors (Lipinski definition) is 3. The van der Waals surface area contributed by atoms with Crippen LogP contribution >= 0.6 is 43.2 Å². The molecule has 0 atom stereocenters. The third-order valence-corrected chi connectivity index (χ3v) is 7.85. The van der Waals surface area contributed by atoms with E-state index < -0.39 is 34.1 Å². The lowest BCUT2D eigenvalue weighted by Gasteiger charge is -2.10. The van der Waals surface area contributed by atoms with Crippen molar-refractivity contribution in [2.45, 2.75) is 16.9 Å². The highest BCUT2D eigenvalue weighted by molar-refractivity contribution is 9.13. The highest BCUT2D eigenvalue weighted by Gasteiger charge is 2.31. The zero-order valence-electron chi connectivity index (χ0n) is 10.9. The molecule has 126 valence electrons. The second-order valence-electron chi connectivity index (χ2n) is 4.32. The summed E-state index contributed by atoms with van der Waals surface area (Å²) in [4.78, 5) is 0. The molecule has 1 N–H and O–H groups in total. The molecule has 1 aromatic heterocycles. The highest BCUT2D eigenvalue weighted by Crippen LogP contribution is 2.35. The minimum atomic E-state index is -4.66. The molecule has 0 fully saturated rings. The molecular formula is C12H7Br2F4NO2S2. The van der Waals surface area contributed by atoms with Gasteiger partial charge < -0.3 is 0 Å². The van der Waals surface area contributed by atoms with Crippen LogP contribution in [0.15, 0.2) is 36.7 Å². The van der Waals surface area contributed by atoms with Gasteiger partial charge in [0.1, 0.15) is 10.0 Å². The van der Waals surface area contributed by atoms with E-state index in [4.69, 9.17) is 0 Å². The van der Waals surface area contributed by atoms with E-state index in [9.17, 15) is 26.0 Å². The van der Waals surface area contributed by atoms with Gasteiger partial charge in [0.15, 0.2) is 0 Å². The lowest BCUT2D eigenvalue weighted by atomic mass is 10.1. The van der Waals surface area contributed by atoms with Crippen LogP contribution < -0.4 is 4.72 Å². The second-order valence-corrected chi connectivity index (χ2v) is 9.53. The Labute approximate surface area is 150 Å². The third-order valence-electron chi connectivity index (χ3n) is 2.72. The molecule has 0 aliphatic heterocycles. The molecule has 0 aliphatic carbocycles. The van der Waals surface area contributed by atoms with Gasteiger partial charge in [0.05, 0.1) is 9.35 Å². The molecule has 23 heavy (non-hydrogen) atoms. The smallest absolute Gasteiger partial charge is 0.207 e. The van der Waals surface area contributed by atoms with Crippen molar-refractivity contribution < 1.29 is 26.0 Å². The fraction of sp³-hybridized carbons (Fsp3) is 0.167. The Kier molecular flexibility index (Phi) is 5.56. The van der Waals surface area contributed by atoms with Crippen molar-refractivity contribution in [1.29, 1.82) is 0 Å². The molecule has 2 rings (SSSR count). The summed E-state index contributed by atoms with van der Waals surface area (Å²) in [5.74, 6) is -1.13. The van der Waals surface area contributed by atoms with Crippen molar-refractivity contribution in [3.8, 4) is 0 Å². The van der Waals surface area contributed by atoms with E-state index in [2.05, 4.69) is 36.6 Å². The molecule has 0 saturated heterocycles. The molecule has 0 radical (unpaired) electrons. The van der Waals surface area contributed by atoms with Crippen LogP contribution in [0.2, 0.25) is 0 Å². The lowest BCUT2D eigenvalue weighted by molar-refractivity contribution is -0.137. The first-order chi connectivity index (χ1) is 10.5. The summed E-state index contributed by atoms with van der Waals surface area (Å²) in [6.45, 7) is -0.459. The molecular weight excluding hydrogens is 490 g/mol. The molecule has 3 nitrogen and oxygen atoms in total. The molecule has 0 saturated carbocycles. The minimum absolute atomic E-state index is 0.0106. The van der Waals surface area contributed by atoms with Crippen molar-refractivity contribution in [3.63, 3.8) is 0 Å². The van der Waals surface area contributed by atoms with Crippen molar-refractivity contribution in [3.05, 3.63) is 49.5 Å². The maximum Gasteiger partial charge on any atom is 0.416 e. The number of hydrogen-bond donors (Lipinski definition) is 1. The minimum Gasteiger partial charge on any atom is -0.207 e. The summed E-state index contributed by atoms with van der Waals surface area (Å²) < 4.78 is 78.4. The Morgan fingerprint density at radius 1 is 1.17 bits per heavy atom. The van der Waals surface area contributed by atoms with Crippen LogP contribution in [0.3, 0.4) is 0 Å². The normalized spacial score (nSPS) is 12.6. The topological polar surface area (TPSA) is 46.2 Å². The summed E-state index contributed by atoms with van der Waals surface area (Å²) in [7, 11) is -3.90. The van der Waals surface area contributed by atoms with Crippen LogP contribution in [0.1, 0.15) is 11.1 Å². The molecule has 0 spiro atoms. The molecule has 0 bridgehead atoms. The molecule has 0 aliphatic rings. The fourth-order valence-corrected chi connectivity index (χ4v) is 5.44. The van der Waals surface area contributed by atoms with Gasteiger partial charge in [-0.05, 0) is 50.1 Å². The average molecular weight is 497 g/mol. The van der Waals surface area contributed by atoms with Crippen molar-refractivity contribution in [2.24, 2.45) is 0 Å². The fourth-order valence-electron chi connectivity index (χ4n) is 1.57. The first kappa shape index (κ1) is 18.8. The monoisotopic (exact) mass is 495 g/mol. The van der Waals surface area contributed by atoms with E-state index >= 15 is 0 Å². The number of sulfonamides is 1. The third kappa shape index (κ3) is 4.53. The van der Waals surface area contributed by atoms with E-state index in [1.165, 1.54) is 6.07 Å². The Balaban J connectivity index is 2.17. The Hall–Kier alpha value is -0.490. The summed E-state index contributed by atoms with van der Waals surface area (Å²) in [5.41, 5.74) is -1.32. The summed E-state index contributed by atoms with van der Waals surface area (Å²) in [6, 6.07) is 3.30. The van der Waals surface area contributed by atoms with Crippen LogP contribution in [-0.2, 0) is 22.7 Å².